The molecule has 1 atom stereocenters. The van der Waals surface area contributed by atoms with Crippen molar-refractivity contribution < 1.29 is 0 Å². The molecular weight excluding hydrogens is 246 g/mol. The molecule has 1 unspecified atom stereocenters. The summed E-state index contributed by atoms with van der Waals surface area (Å²) in [6, 6.07) is 13.2. The molecule has 104 valence electrons. The molecule has 0 saturated carbocycles. The Bertz CT molecular complexity index is 594. The molecule has 1 aromatic carbocycles. The highest BCUT2D eigenvalue weighted by Crippen LogP contribution is 2.28. The number of anilines is 1. The summed E-state index contributed by atoms with van der Waals surface area (Å²) in [7, 11) is 1.99. The lowest BCUT2D eigenvalue weighted by Crippen LogP contribution is -2.32. The molecule has 0 aliphatic carbocycles. The summed E-state index contributed by atoms with van der Waals surface area (Å²) in [4.78, 5) is 7.02. The molecule has 0 radical (unpaired) electrons. The van der Waals surface area contributed by atoms with E-state index in [4.69, 9.17) is 0 Å². The maximum Gasteiger partial charge on any atom is 0.133 e. The van der Waals surface area contributed by atoms with Gasteiger partial charge in [-0.25, -0.2) is 4.98 Å². The van der Waals surface area contributed by atoms with Crippen LogP contribution in [0.5, 0.6) is 0 Å². The second-order valence-corrected chi connectivity index (χ2v) is 5.37. The van der Waals surface area contributed by atoms with Crippen LogP contribution in [0.1, 0.15) is 29.7 Å². The second kappa shape index (κ2) is 5.63. The van der Waals surface area contributed by atoms with Gasteiger partial charge in [0, 0.05) is 30.9 Å². The van der Waals surface area contributed by atoms with Crippen LogP contribution in [0.15, 0.2) is 42.6 Å². The van der Waals surface area contributed by atoms with Crippen molar-refractivity contribution in [3.05, 3.63) is 59.3 Å². The molecule has 20 heavy (non-hydrogen) atoms. The quantitative estimate of drug-likeness (QED) is 0.927. The van der Waals surface area contributed by atoms with Gasteiger partial charge in [0.25, 0.3) is 0 Å². The fraction of sp³-hybridized carbons (Fsp3) is 0.353. The Morgan fingerprint density at radius 1 is 1.15 bits per heavy atom. The molecule has 1 N–H and O–H groups in total. The highest BCUT2D eigenvalue weighted by atomic mass is 15.2. The molecule has 1 aliphatic rings. The van der Waals surface area contributed by atoms with E-state index in [1.54, 1.807) is 0 Å². The van der Waals surface area contributed by atoms with E-state index < -0.39 is 0 Å². The van der Waals surface area contributed by atoms with Crippen LogP contribution >= 0.6 is 0 Å². The molecule has 0 bridgehead atoms. The van der Waals surface area contributed by atoms with Gasteiger partial charge in [-0.15, -0.1) is 0 Å². The summed E-state index contributed by atoms with van der Waals surface area (Å²) in [5.41, 5.74) is 4.17. The third-order valence-electron chi connectivity index (χ3n) is 4.15. The number of rotatable bonds is 3. The Morgan fingerprint density at radius 3 is 2.75 bits per heavy atom. The summed E-state index contributed by atoms with van der Waals surface area (Å²) in [5, 5.41) is 3.31. The third-order valence-corrected chi connectivity index (χ3v) is 4.15. The van der Waals surface area contributed by atoms with Gasteiger partial charge >= 0.3 is 0 Å². The monoisotopic (exact) mass is 267 g/mol. The molecular formula is C17H21N3. The Kier molecular flexibility index (Phi) is 3.70. The van der Waals surface area contributed by atoms with Gasteiger partial charge in [0.15, 0.2) is 0 Å². The van der Waals surface area contributed by atoms with Crippen LogP contribution in [0.4, 0.5) is 5.82 Å². The first-order chi connectivity index (χ1) is 9.79. The number of aromatic nitrogens is 1. The van der Waals surface area contributed by atoms with Crippen LogP contribution in [0.2, 0.25) is 0 Å². The van der Waals surface area contributed by atoms with E-state index in [-0.39, 0.29) is 0 Å². The predicted octanol–water partition coefficient (Wildman–Crippen LogP) is 2.92. The number of nitrogens with zero attached hydrogens (tertiary/aromatic N) is 2. The lowest BCUT2D eigenvalue weighted by Gasteiger charge is -2.32. The van der Waals surface area contributed by atoms with Crippen molar-refractivity contribution in [3.8, 4) is 0 Å². The first-order valence-corrected chi connectivity index (χ1v) is 7.23. The molecule has 2 heterocycles. The first-order valence-electron chi connectivity index (χ1n) is 7.23. The lowest BCUT2D eigenvalue weighted by molar-refractivity contribution is 0.636. The largest absolute Gasteiger partial charge is 0.352 e. The molecule has 1 aromatic heterocycles. The van der Waals surface area contributed by atoms with E-state index in [1.165, 1.54) is 16.7 Å². The van der Waals surface area contributed by atoms with Gasteiger partial charge in [-0.2, -0.15) is 0 Å². The Balaban J connectivity index is 1.92. The molecule has 3 nitrogen and oxygen atoms in total. The summed E-state index contributed by atoms with van der Waals surface area (Å²) >= 11 is 0. The summed E-state index contributed by atoms with van der Waals surface area (Å²) in [6.45, 7) is 4.17. The minimum atomic E-state index is 0.316. The van der Waals surface area contributed by atoms with Crippen molar-refractivity contribution >= 4 is 5.82 Å². The van der Waals surface area contributed by atoms with Gasteiger partial charge in [-0.3, -0.25) is 0 Å². The van der Waals surface area contributed by atoms with Gasteiger partial charge in [0.2, 0.25) is 0 Å². The minimum absolute atomic E-state index is 0.316. The van der Waals surface area contributed by atoms with Crippen LogP contribution < -0.4 is 10.2 Å². The highest BCUT2D eigenvalue weighted by molar-refractivity contribution is 5.51. The van der Waals surface area contributed by atoms with Crippen molar-refractivity contribution in [2.45, 2.75) is 25.9 Å². The zero-order valence-electron chi connectivity index (χ0n) is 12.1. The van der Waals surface area contributed by atoms with Gasteiger partial charge < -0.3 is 10.2 Å². The Hall–Kier alpha value is -1.87. The SMILES string of the molecule is CNC(C)c1cccnc1N1CCc2ccccc2C1. The van der Waals surface area contributed by atoms with E-state index in [2.05, 4.69) is 52.5 Å². The van der Waals surface area contributed by atoms with Crippen LogP contribution in [-0.2, 0) is 13.0 Å². The summed E-state index contributed by atoms with van der Waals surface area (Å²) < 4.78 is 0. The smallest absolute Gasteiger partial charge is 0.133 e. The first kappa shape index (κ1) is 13.1. The molecule has 0 spiro atoms. The van der Waals surface area contributed by atoms with Gasteiger partial charge in [-0.1, -0.05) is 30.3 Å². The van der Waals surface area contributed by atoms with Crippen LogP contribution in [0.3, 0.4) is 0 Å². The number of fused-ring (bicyclic) bond motifs is 1. The molecule has 0 saturated heterocycles. The van der Waals surface area contributed by atoms with Gasteiger partial charge in [-0.05, 0) is 37.6 Å². The van der Waals surface area contributed by atoms with Crippen molar-refractivity contribution in [1.29, 1.82) is 0 Å². The van der Waals surface area contributed by atoms with Crippen molar-refractivity contribution in [1.82, 2.24) is 10.3 Å². The van der Waals surface area contributed by atoms with E-state index in [9.17, 15) is 0 Å². The average molecular weight is 267 g/mol. The van der Waals surface area contributed by atoms with Crippen molar-refractivity contribution in [2.24, 2.45) is 0 Å². The predicted molar refractivity (Wildman–Crippen MR) is 82.9 cm³/mol. The fourth-order valence-corrected chi connectivity index (χ4v) is 2.84. The highest BCUT2D eigenvalue weighted by Gasteiger charge is 2.20. The molecule has 1 aliphatic heterocycles. The van der Waals surface area contributed by atoms with Crippen LogP contribution in [0.25, 0.3) is 0 Å². The number of pyridine rings is 1. The second-order valence-electron chi connectivity index (χ2n) is 5.37. The Labute approximate surface area is 120 Å². The lowest BCUT2D eigenvalue weighted by atomic mass is 9.99. The summed E-state index contributed by atoms with van der Waals surface area (Å²) in [6.07, 6.45) is 2.99. The summed E-state index contributed by atoms with van der Waals surface area (Å²) in [5.74, 6) is 1.11. The van der Waals surface area contributed by atoms with Crippen molar-refractivity contribution in [3.63, 3.8) is 0 Å². The van der Waals surface area contributed by atoms with Crippen molar-refractivity contribution in [2.75, 3.05) is 18.5 Å². The van der Waals surface area contributed by atoms with E-state index in [1.807, 2.05) is 19.3 Å². The van der Waals surface area contributed by atoms with Crippen LogP contribution in [0, 0.1) is 0 Å². The van der Waals surface area contributed by atoms with E-state index in [0.29, 0.717) is 6.04 Å². The van der Waals surface area contributed by atoms with Gasteiger partial charge in [0.1, 0.15) is 5.82 Å². The Morgan fingerprint density at radius 2 is 1.95 bits per heavy atom. The zero-order chi connectivity index (χ0) is 13.9. The molecule has 3 heteroatoms. The molecule has 3 rings (SSSR count). The molecule has 0 fully saturated rings. The standard InChI is InChI=1S/C17H21N3/c1-13(18-2)16-8-5-10-19-17(16)20-11-9-14-6-3-4-7-15(14)12-20/h3-8,10,13,18H,9,11-12H2,1-2H3. The number of benzene rings is 1. The normalized spacial score (nSPS) is 15.8. The fourth-order valence-electron chi connectivity index (χ4n) is 2.84. The molecule has 0 amide bonds. The third kappa shape index (κ3) is 2.41. The average Bonchev–Trinajstić information content (AvgIpc) is 2.53. The van der Waals surface area contributed by atoms with E-state index >= 15 is 0 Å². The minimum Gasteiger partial charge on any atom is -0.352 e. The zero-order valence-corrected chi connectivity index (χ0v) is 12.1. The number of nitrogens with one attached hydrogen (secondary N) is 1. The maximum atomic E-state index is 4.63. The maximum absolute atomic E-state index is 4.63. The van der Waals surface area contributed by atoms with Crippen LogP contribution in [-0.4, -0.2) is 18.6 Å². The topological polar surface area (TPSA) is 28.2 Å². The molecule has 2 aromatic rings. The number of hydrogen-bond donors (Lipinski definition) is 1. The van der Waals surface area contributed by atoms with E-state index in [0.717, 1.165) is 25.3 Å². The number of hydrogen-bond acceptors (Lipinski definition) is 3. The van der Waals surface area contributed by atoms with Gasteiger partial charge in [0.05, 0.1) is 0 Å².